The first-order valence-electron chi connectivity index (χ1n) is 6.18. The Morgan fingerprint density at radius 3 is 2.61 bits per heavy atom. The van der Waals surface area contributed by atoms with Crippen molar-refractivity contribution in [2.45, 2.75) is 19.4 Å². The van der Waals surface area contributed by atoms with E-state index in [4.69, 9.17) is 10.5 Å². The summed E-state index contributed by atoms with van der Waals surface area (Å²) >= 11 is 0. The van der Waals surface area contributed by atoms with Gasteiger partial charge < -0.3 is 10.5 Å². The van der Waals surface area contributed by atoms with Gasteiger partial charge in [0.2, 0.25) is 0 Å². The van der Waals surface area contributed by atoms with Crippen LogP contribution in [-0.2, 0) is 6.42 Å². The fourth-order valence-corrected chi connectivity index (χ4v) is 2.12. The quantitative estimate of drug-likeness (QED) is 0.891. The van der Waals surface area contributed by atoms with E-state index in [0.29, 0.717) is 0 Å². The molecular formula is C16H19NO. The fraction of sp³-hybridized carbons (Fsp3) is 0.250. The van der Waals surface area contributed by atoms with E-state index in [2.05, 4.69) is 30.3 Å². The lowest BCUT2D eigenvalue weighted by Gasteiger charge is -2.11. The molecule has 0 aliphatic carbocycles. The lowest BCUT2D eigenvalue weighted by atomic mass is 9.99. The molecule has 18 heavy (non-hydrogen) atoms. The van der Waals surface area contributed by atoms with Crippen molar-refractivity contribution in [1.82, 2.24) is 0 Å². The van der Waals surface area contributed by atoms with E-state index in [9.17, 15) is 0 Å². The highest BCUT2D eigenvalue weighted by molar-refractivity contribution is 5.70. The molecule has 0 aliphatic rings. The van der Waals surface area contributed by atoms with E-state index in [1.807, 2.05) is 25.1 Å². The minimum Gasteiger partial charge on any atom is -0.496 e. The zero-order valence-electron chi connectivity index (χ0n) is 10.9. The molecular weight excluding hydrogens is 222 g/mol. The molecule has 1 atom stereocenters. The van der Waals surface area contributed by atoms with Crippen LogP contribution in [0, 0.1) is 0 Å². The van der Waals surface area contributed by atoms with Crippen molar-refractivity contribution in [2.75, 3.05) is 7.11 Å². The Balaban J connectivity index is 2.38. The summed E-state index contributed by atoms with van der Waals surface area (Å²) < 4.78 is 5.40. The molecule has 94 valence electrons. The molecule has 0 amide bonds. The van der Waals surface area contributed by atoms with Gasteiger partial charge in [-0.25, -0.2) is 0 Å². The van der Waals surface area contributed by atoms with E-state index in [1.165, 1.54) is 11.1 Å². The molecule has 2 rings (SSSR count). The predicted octanol–water partition coefficient (Wildman–Crippen LogP) is 3.25. The summed E-state index contributed by atoms with van der Waals surface area (Å²) in [7, 11) is 1.70. The highest BCUT2D eigenvalue weighted by Crippen LogP contribution is 2.30. The van der Waals surface area contributed by atoms with Crippen LogP contribution < -0.4 is 10.5 Å². The molecule has 1 unspecified atom stereocenters. The van der Waals surface area contributed by atoms with Crippen molar-refractivity contribution in [2.24, 2.45) is 5.73 Å². The molecule has 0 saturated carbocycles. The summed E-state index contributed by atoms with van der Waals surface area (Å²) in [6.07, 6.45) is 0.892. The lowest BCUT2D eigenvalue weighted by molar-refractivity contribution is 0.416. The molecule has 0 radical (unpaired) electrons. The van der Waals surface area contributed by atoms with Crippen molar-refractivity contribution in [3.05, 3.63) is 54.1 Å². The van der Waals surface area contributed by atoms with Crippen molar-refractivity contribution < 1.29 is 4.74 Å². The van der Waals surface area contributed by atoms with Crippen LogP contribution in [-0.4, -0.2) is 13.2 Å². The Hall–Kier alpha value is -1.80. The Bertz CT molecular complexity index is 520. The number of hydrogen-bond donors (Lipinski definition) is 1. The zero-order valence-corrected chi connectivity index (χ0v) is 10.9. The fourth-order valence-electron chi connectivity index (χ4n) is 2.12. The molecule has 2 N–H and O–H groups in total. The van der Waals surface area contributed by atoms with E-state index >= 15 is 0 Å². The largest absolute Gasteiger partial charge is 0.496 e. The molecule has 2 nitrogen and oxygen atoms in total. The summed E-state index contributed by atoms with van der Waals surface area (Å²) in [4.78, 5) is 0. The third kappa shape index (κ3) is 2.90. The lowest BCUT2D eigenvalue weighted by Crippen LogP contribution is -2.17. The van der Waals surface area contributed by atoms with E-state index in [1.54, 1.807) is 7.11 Å². The van der Waals surface area contributed by atoms with Crippen molar-refractivity contribution >= 4 is 0 Å². The van der Waals surface area contributed by atoms with Crippen LogP contribution in [0.1, 0.15) is 12.5 Å². The molecule has 0 heterocycles. The first-order chi connectivity index (χ1) is 8.70. The third-order valence-corrected chi connectivity index (χ3v) is 2.90. The summed E-state index contributed by atoms with van der Waals surface area (Å²) in [5, 5.41) is 0. The number of methoxy groups -OCH3 is 1. The predicted molar refractivity (Wildman–Crippen MR) is 75.8 cm³/mol. The van der Waals surface area contributed by atoms with Gasteiger partial charge in [-0.1, -0.05) is 42.5 Å². The third-order valence-electron chi connectivity index (χ3n) is 2.90. The second-order valence-corrected chi connectivity index (χ2v) is 4.58. The number of rotatable bonds is 4. The molecule has 0 spiro atoms. The van der Waals surface area contributed by atoms with Gasteiger partial charge in [-0.05, 0) is 30.5 Å². The summed E-state index contributed by atoms with van der Waals surface area (Å²) in [5.41, 5.74) is 9.39. The number of nitrogens with two attached hydrogens (primary N) is 1. The molecule has 0 fully saturated rings. The molecule has 2 aromatic carbocycles. The molecule has 0 bridgehead atoms. The van der Waals surface area contributed by atoms with Crippen LogP contribution >= 0.6 is 0 Å². The van der Waals surface area contributed by atoms with Gasteiger partial charge in [0.05, 0.1) is 7.11 Å². The van der Waals surface area contributed by atoms with Gasteiger partial charge in [0.25, 0.3) is 0 Å². The normalized spacial score (nSPS) is 12.2. The molecule has 0 saturated heterocycles. The maximum absolute atomic E-state index is 5.84. The Labute approximate surface area is 108 Å². The van der Waals surface area contributed by atoms with Gasteiger partial charge in [-0.2, -0.15) is 0 Å². The van der Waals surface area contributed by atoms with Gasteiger partial charge in [-0.3, -0.25) is 0 Å². The molecule has 2 aromatic rings. The Kier molecular flexibility index (Phi) is 4.00. The molecule has 2 heteroatoms. The van der Waals surface area contributed by atoms with Gasteiger partial charge in [0.15, 0.2) is 0 Å². The minimum absolute atomic E-state index is 0.179. The van der Waals surface area contributed by atoms with Gasteiger partial charge in [-0.15, -0.1) is 0 Å². The van der Waals surface area contributed by atoms with Gasteiger partial charge >= 0.3 is 0 Å². The SMILES string of the molecule is COc1ccccc1-c1cccc(CC(C)N)c1. The second-order valence-electron chi connectivity index (χ2n) is 4.58. The topological polar surface area (TPSA) is 35.2 Å². The standard InChI is InChI=1S/C16H19NO/c1-12(17)10-13-6-5-7-14(11-13)15-8-3-4-9-16(15)18-2/h3-9,11-12H,10,17H2,1-2H3. The summed E-state index contributed by atoms with van der Waals surface area (Å²) in [6, 6.07) is 16.7. The number of hydrogen-bond acceptors (Lipinski definition) is 2. The monoisotopic (exact) mass is 241 g/mol. The van der Waals surface area contributed by atoms with Crippen LogP contribution in [0.5, 0.6) is 5.75 Å². The van der Waals surface area contributed by atoms with Crippen LogP contribution in [0.25, 0.3) is 11.1 Å². The van der Waals surface area contributed by atoms with Gasteiger partial charge in [0, 0.05) is 11.6 Å². The maximum Gasteiger partial charge on any atom is 0.126 e. The number of benzene rings is 2. The highest BCUT2D eigenvalue weighted by Gasteiger charge is 2.06. The van der Waals surface area contributed by atoms with E-state index < -0.39 is 0 Å². The first-order valence-corrected chi connectivity index (χ1v) is 6.18. The maximum atomic E-state index is 5.84. The summed E-state index contributed by atoms with van der Waals surface area (Å²) in [6.45, 7) is 2.02. The van der Waals surface area contributed by atoms with Crippen LogP contribution in [0.2, 0.25) is 0 Å². The smallest absolute Gasteiger partial charge is 0.126 e. The van der Waals surface area contributed by atoms with Gasteiger partial charge in [0.1, 0.15) is 5.75 Å². The average molecular weight is 241 g/mol. The second kappa shape index (κ2) is 5.69. The van der Waals surface area contributed by atoms with E-state index in [0.717, 1.165) is 17.7 Å². The first kappa shape index (κ1) is 12.7. The number of para-hydroxylation sites is 1. The Morgan fingerprint density at radius 1 is 1.11 bits per heavy atom. The van der Waals surface area contributed by atoms with Crippen molar-refractivity contribution in [3.63, 3.8) is 0 Å². The summed E-state index contributed by atoms with van der Waals surface area (Å²) in [5.74, 6) is 0.899. The van der Waals surface area contributed by atoms with Crippen LogP contribution in [0.15, 0.2) is 48.5 Å². The van der Waals surface area contributed by atoms with Crippen LogP contribution in [0.4, 0.5) is 0 Å². The average Bonchev–Trinajstić information content (AvgIpc) is 2.38. The van der Waals surface area contributed by atoms with Crippen molar-refractivity contribution in [1.29, 1.82) is 0 Å². The van der Waals surface area contributed by atoms with E-state index in [-0.39, 0.29) is 6.04 Å². The Morgan fingerprint density at radius 2 is 1.89 bits per heavy atom. The number of ether oxygens (including phenoxy) is 1. The molecule has 0 aromatic heterocycles. The highest BCUT2D eigenvalue weighted by atomic mass is 16.5. The van der Waals surface area contributed by atoms with Crippen molar-refractivity contribution in [3.8, 4) is 16.9 Å². The minimum atomic E-state index is 0.179. The zero-order chi connectivity index (χ0) is 13.0. The molecule has 0 aliphatic heterocycles. The van der Waals surface area contributed by atoms with Crippen LogP contribution in [0.3, 0.4) is 0 Å².